The van der Waals surface area contributed by atoms with E-state index >= 15 is 0 Å². The number of aromatic nitrogens is 2. The highest BCUT2D eigenvalue weighted by atomic mass is 16.5. The quantitative estimate of drug-likeness (QED) is 0.171. The van der Waals surface area contributed by atoms with Crippen LogP contribution in [-0.2, 0) is 52.8 Å². The predicted octanol–water partition coefficient (Wildman–Crippen LogP) is 4.70. The topological polar surface area (TPSA) is 185 Å². The first-order chi connectivity index (χ1) is 29.4. The van der Waals surface area contributed by atoms with Gasteiger partial charge in [0.25, 0.3) is 11.8 Å². The summed E-state index contributed by atoms with van der Waals surface area (Å²) in [7, 11) is 3.12. The van der Waals surface area contributed by atoms with Gasteiger partial charge in [-0.05, 0) is 97.7 Å². The smallest absolute Gasteiger partial charge is 0.324 e. The van der Waals surface area contributed by atoms with Crippen LogP contribution >= 0.6 is 0 Å². The van der Waals surface area contributed by atoms with Gasteiger partial charge in [-0.1, -0.05) is 39.8 Å². The highest BCUT2D eigenvalue weighted by Crippen LogP contribution is 2.42. The number of carbonyl (C=O) groups excluding carboxylic acids is 4. The van der Waals surface area contributed by atoms with Crippen LogP contribution in [0.5, 0.6) is 5.75 Å². The minimum absolute atomic E-state index is 0.0217. The summed E-state index contributed by atoms with van der Waals surface area (Å²) in [6, 6.07) is 12.3. The Morgan fingerprint density at radius 3 is 2.52 bits per heavy atom. The van der Waals surface area contributed by atoms with E-state index in [4.69, 9.17) is 19.2 Å². The number of rotatable bonds is 9. The zero-order valence-corrected chi connectivity index (χ0v) is 37.0. The zero-order valence-electron chi connectivity index (χ0n) is 37.0. The monoisotopic (exact) mass is 852 g/mol. The Bertz CT molecular complexity index is 2350. The van der Waals surface area contributed by atoms with E-state index in [2.05, 4.69) is 54.3 Å². The Hall–Kier alpha value is -5.35. The number of carbonyl (C=O) groups is 4. The molecule has 4 aromatic rings. The van der Waals surface area contributed by atoms with Crippen molar-refractivity contribution in [3.8, 4) is 28.1 Å². The van der Waals surface area contributed by atoms with Crippen LogP contribution in [0.25, 0.3) is 33.3 Å². The number of nitrogens with zero attached hydrogens (tertiary/aromatic N) is 4. The maximum Gasteiger partial charge on any atom is 0.324 e. The minimum atomic E-state index is -1.73. The molecule has 15 nitrogen and oxygen atoms in total. The molecule has 3 amide bonds. The fourth-order valence-electron chi connectivity index (χ4n) is 9.12. The zero-order chi connectivity index (χ0) is 44.7. The van der Waals surface area contributed by atoms with E-state index in [1.165, 1.54) is 17.0 Å². The van der Waals surface area contributed by atoms with E-state index in [0.29, 0.717) is 36.9 Å². The van der Waals surface area contributed by atoms with Crippen molar-refractivity contribution >= 4 is 34.6 Å². The van der Waals surface area contributed by atoms with Gasteiger partial charge in [0.1, 0.15) is 23.9 Å². The van der Waals surface area contributed by atoms with E-state index < -0.39 is 58.8 Å². The lowest BCUT2D eigenvalue weighted by Crippen LogP contribution is -2.65. The molecule has 0 saturated carbocycles. The highest BCUT2D eigenvalue weighted by Gasteiger charge is 2.48. The van der Waals surface area contributed by atoms with Gasteiger partial charge in [0.15, 0.2) is 5.60 Å². The molecule has 332 valence electrons. The van der Waals surface area contributed by atoms with Crippen molar-refractivity contribution in [2.24, 2.45) is 11.3 Å². The number of likely N-dealkylation sites (N-methyl/N-ethyl adjacent to an activating group) is 1. The molecule has 15 heteroatoms. The van der Waals surface area contributed by atoms with Crippen molar-refractivity contribution in [2.75, 3.05) is 40.5 Å². The second-order valence-corrected chi connectivity index (χ2v) is 18.2. The summed E-state index contributed by atoms with van der Waals surface area (Å²) in [6.45, 7) is 12.5. The van der Waals surface area contributed by atoms with Gasteiger partial charge in [0, 0.05) is 61.7 Å². The molecule has 0 unspecified atom stereocenters. The number of esters is 1. The van der Waals surface area contributed by atoms with Crippen molar-refractivity contribution in [3.63, 3.8) is 0 Å². The van der Waals surface area contributed by atoms with Crippen molar-refractivity contribution in [3.05, 3.63) is 71.5 Å². The van der Waals surface area contributed by atoms with Gasteiger partial charge in [-0.15, -0.1) is 0 Å². The van der Waals surface area contributed by atoms with E-state index in [9.17, 15) is 29.4 Å². The molecule has 3 aliphatic heterocycles. The van der Waals surface area contributed by atoms with Crippen molar-refractivity contribution in [1.82, 2.24) is 30.2 Å². The largest absolute Gasteiger partial charge is 0.508 e. The van der Waals surface area contributed by atoms with Crippen molar-refractivity contribution < 1.29 is 43.6 Å². The summed E-state index contributed by atoms with van der Waals surface area (Å²) in [4.78, 5) is 62.1. The summed E-state index contributed by atoms with van der Waals surface area (Å²) < 4.78 is 19.3. The molecule has 7 rings (SSSR count). The van der Waals surface area contributed by atoms with Crippen LogP contribution in [0.3, 0.4) is 0 Å². The first-order valence-electron chi connectivity index (χ1n) is 21.5. The molecule has 2 aromatic carbocycles. The molecule has 3 aliphatic rings. The van der Waals surface area contributed by atoms with E-state index in [-0.39, 0.29) is 44.6 Å². The maximum absolute atomic E-state index is 14.6. The summed E-state index contributed by atoms with van der Waals surface area (Å²) in [5.74, 6) is -2.66. The summed E-state index contributed by atoms with van der Waals surface area (Å²) in [6.07, 6.45) is 2.93. The van der Waals surface area contributed by atoms with Crippen LogP contribution in [0.2, 0.25) is 0 Å². The number of benzene rings is 2. The Morgan fingerprint density at radius 2 is 1.84 bits per heavy atom. The Labute approximate surface area is 362 Å². The third kappa shape index (κ3) is 8.81. The maximum atomic E-state index is 14.6. The molecule has 6 bridgehead atoms. The molecule has 62 heavy (non-hydrogen) atoms. The number of aromatic hydroxyl groups is 1. The minimum Gasteiger partial charge on any atom is -0.508 e. The van der Waals surface area contributed by atoms with Crippen LogP contribution in [0, 0.1) is 11.3 Å². The van der Waals surface area contributed by atoms with Crippen molar-refractivity contribution in [1.29, 1.82) is 0 Å². The standard InChI is InChI=1S/C47H60N6O9/c1-9-52-38-15-14-30-22-34(38)35(41(52)33-12-10-16-48-39(33)28(4)60-8)23-46(5,6)24-62-44(57)36-13-11-17-53(50-36)43(56)37(20-29-18-31(30)21-32(54)19-29)49-42(55)40(27(2)3)51(7)45(58)47(59)25-61-26-47/h10,12,14-16,18-19,21-22,27-28,36-37,40,50,54,59H,9,11,13,17,20,23-26H2,1-8H3,(H,49,55)/t28-,36-,37-,40-/m0/s1. The average Bonchev–Trinajstić information content (AvgIpc) is 3.54. The van der Waals surface area contributed by atoms with E-state index in [1.807, 2.05) is 25.1 Å². The molecular weight excluding hydrogens is 793 g/mol. The van der Waals surface area contributed by atoms with Gasteiger partial charge in [-0.2, -0.15) is 0 Å². The number of hydrogen-bond acceptors (Lipinski definition) is 11. The lowest BCUT2D eigenvalue weighted by Gasteiger charge is -2.41. The fourth-order valence-corrected chi connectivity index (χ4v) is 9.12. The number of hydrogen-bond donors (Lipinski definition) is 4. The number of phenols is 1. The number of aryl methyl sites for hydroxylation is 1. The van der Waals surface area contributed by atoms with Crippen LogP contribution in [-0.4, -0.2) is 118 Å². The summed E-state index contributed by atoms with van der Waals surface area (Å²) in [5, 5.41) is 27.3. The molecule has 0 radical (unpaired) electrons. The Balaban J connectivity index is 1.35. The van der Waals surface area contributed by atoms with Gasteiger partial charge < -0.3 is 39.2 Å². The van der Waals surface area contributed by atoms with Gasteiger partial charge in [-0.3, -0.25) is 29.2 Å². The molecular formula is C47H60N6O9. The van der Waals surface area contributed by atoms with Gasteiger partial charge in [-0.25, -0.2) is 5.43 Å². The average molecular weight is 853 g/mol. The molecule has 4 N–H and O–H groups in total. The number of ether oxygens (including phenoxy) is 3. The van der Waals surface area contributed by atoms with Gasteiger partial charge in [0.2, 0.25) is 5.91 Å². The second kappa shape index (κ2) is 17.8. The molecule has 5 heterocycles. The highest BCUT2D eigenvalue weighted by molar-refractivity contribution is 5.96. The van der Waals surface area contributed by atoms with Gasteiger partial charge in [0.05, 0.1) is 37.3 Å². The number of nitrogens with one attached hydrogen (secondary N) is 2. The molecule has 2 saturated heterocycles. The molecule has 0 spiro atoms. The van der Waals surface area contributed by atoms with Crippen LogP contribution in [0.1, 0.15) is 77.3 Å². The predicted molar refractivity (Wildman–Crippen MR) is 232 cm³/mol. The number of methoxy groups -OCH3 is 1. The van der Waals surface area contributed by atoms with E-state index in [1.54, 1.807) is 39.3 Å². The number of hydrazine groups is 1. The molecule has 4 atom stereocenters. The SMILES string of the molecule is CCn1c(-c2cccnc2[C@H](C)OC)c2c3cc(ccc31)-c1cc(O)cc(c1)C[C@H](NC(=O)[C@H](C(C)C)N(C)C(=O)C1(O)COC1)C(=O)N1CCC[C@H](N1)C(=O)OCC(C)(C)C2. The molecule has 2 fully saturated rings. The lowest BCUT2D eigenvalue weighted by molar-refractivity contribution is -0.201. The van der Waals surface area contributed by atoms with Crippen LogP contribution < -0.4 is 10.7 Å². The van der Waals surface area contributed by atoms with Crippen LogP contribution in [0.4, 0.5) is 0 Å². The van der Waals surface area contributed by atoms with Crippen LogP contribution in [0.15, 0.2) is 54.7 Å². The third-order valence-electron chi connectivity index (χ3n) is 12.4. The van der Waals surface area contributed by atoms with Gasteiger partial charge >= 0.3 is 5.97 Å². The van der Waals surface area contributed by atoms with E-state index in [0.717, 1.165) is 39.0 Å². The molecule has 0 aliphatic carbocycles. The number of fused-ring (bicyclic) bond motifs is 6. The third-order valence-corrected chi connectivity index (χ3v) is 12.4. The number of aliphatic hydroxyl groups is 1. The second-order valence-electron chi connectivity index (χ2n) is 18.2. The summed E-state index contributed by atoms with van der Waals surface area (Å²) in [5.41, 5.74) is 7.72. The number of phenolic OH excluding ortho intramolecular Hbond substituents is 1. The number of amides is 3. The number of cyclic esters (lactones) is 1. The lowest BCUT2D eigenvalue weighted by atomic mass is 9.84. The number of pyridine rings is 1. The first kappa shape index (κ1) is 44.7. The first-order valence-corrected chi connectivity index (χ1v) is 21.5. The normalized spacial score (nSPS) is 21.1. The molecule has 2 aromatic heterocycles. The van der Waals surface area contributed by atoms with Crippen molar-refractivity contribution in [2.45, 2.75) is 104 Å². The summed E-state index contributed by atoms with van der Waals surface area (Å²) >= 11 is 0. The fraction of sp³-hybridized carbons (Fsp3) is 0.511. The Kier molecular flexibility index (Phi) is 12.8. The Morgan fingerprint density at radius 1 is 1.08 bits per heavy atom.